The maximum atomic E-state index is 15.1. The molecule has 0 unspecified atom stereocenters. The second-order valence-electron chi connectivity index (χ2n) is 11.4. The number of hydrogen-bond acceptors (Lipinski definition) is 1. The van der Waals surface area contributed by atoms with Crippen LogP contribution in [0.1, 0.15) is 62.5 Å². The van der Waals surface area contributed by atoms with Crippen molar-refractivity contribution in [3.05, 3.63) is 125 Å². The minimum atomic E-state index is -4.50. The van der Waals surface area contributed by atoms with Crippen LogP contribution in [-0.2, 0) is 6.11 Å². The fourth-order valence-electron chi connectivity index (χ4n) is 5.83. The Bertz CT molecular complexity index is 1710. The van der Waals surface area contributed by atoms with Gasteiger partial charge in [-0.1, -0.05) is 37.6 Å². The van der Waals surface area contributed by atoms with Crippen LogP contribution in [0.4, 0.5) is 39.5 Å². The molecule has 0 radical (unpaired) electrons. The van der Waals surface area contributed by atoms with Crippen molar-refractivity contribution in [2.45, 2.75) is 57.5 Å². The van der Waals surface area contributed by atoms with E-state index < -0.39 is 58.1 Å². The monoisotopic (exact) mass is 648 g/mol. The molecule has 1 nitrogen and oxygen atoms in total. The van der Waals surface area contributed by atoms with E-state index in [-0.39, 0.29) is 33.7 Å². The van der Waals surface area contributed by atoms with Crippen LogP contribution >= 0.6 is 0 Å². The van der Waals surface area contributed by atoms with Crippen molar-refractivity contribution in [2.24, 2.45) is 5.92 Å². The molecule has 0 atom stereocenters. The lowest BCUT2D eigenvalue weighted by Gasteiger charge is -2.28. The summed E-state index contributed by atoms with van der Waals surface area (Å²) in [5, 5.41) is 0. The van der Waals surface area contributed by atoms with Crippen LogP contribution in [0, 0.1) is 46.6 Å². The van der Waals surface area contributed by atoms with E-state index in [1.165, 1.54) is 6.07 Å². The average Bonchev–Trinajstić information content (AvgIpc) is 2.99. The third-order valence-corrected chi connectivity index (χ3v) is 8.22. The fraction of sp³-hybridized carbons (Fsp3) is 0.278. The van der Waals surface area contributed by atoms with E-state index in [1.807, 2.05) is 0 Å². The minimum Gasteiger partial charge on any atom is -0.429 e. The third-order valence-electron chi connectivity index (χ3n) is 8.22. The van der Waals surface area contributed by atoms with E-state index in [4.69, 9.17) is 0 Å². The third kappa shape index (κ3) is 7.11. The van der Waals surface area contributed by atoms with E-state index in [0.717, 1.165) is 62.1 Å². The average molecular weight is 649 g/mol. The van der Waals surface area contributed by atoms with Gasteiger partial charge in [0.15, 0.2) is 17.5 Å². The first-order valence-electron chi connectivity index (χ1n) is 14.8. The summed E-state index contributed by atoms with van der Waals surface area (Å²) in [4.78, 5) is 0. The summed E-state index contributed by atoms with van der Waals surface area (Å²) in [5.41, 5.74) is -2.25. The summed E-state index contributed by atoms with van der Waals surface area (Å²) in [6.45, 7) is 2.08. The highest BCUT2D eigenvalue weighted by molar-refractivity contribution is 5.72. The molecule has 0 amide bonds. The van der Waals surface area contributed by atoms with Crippen LogP contribution < -0.4 is 4.74 Å². The molecule has 0 spiro atoms. The molecular formula is C36H29F9O. The Morgan fingerprint density at radius 1 is 0.674 bits per heavy atom. The van der Waals surface area contributed by atoms with E-state index >= 15 is 13.2 Å². The molecule has 0 saturated heterocycles. The van der Waals surface area contributed by atoms with Gasteiger partial charge in [-0.15, -0.1) is 0 Å². The Balaban J connectivity index is 1.31. The molecular weight excluding hydrogens is 619 g/mol. The number of unbranched alkanes of at least 4 members (excludes halogenated alkanes) is 1. The van der Waals surface area contributed by atoms with Gasteiger partial charge in [-0.3, -0.25) is 0 Å². The smallest absolute Gasteiger partial charge is 0.429 e. The SMILES string of the molecule is CCC/C=C/C1CCC(c2cc(F)c(C(F)(F)Oc3ccc(-c4ccc(-c5cc(F)c(F)c(F)c5)c(F)c4)c(F)c3)c(F)c2)CC1. The first kappa shape index (κ1) is 33.2. The Labute approximate surface area is 260 Å². The summed E-state index contributed by atoms with van der Waals surface area (Å²) >= 11 is 0. The van der Waals surface area contributed by atoms with Crippen LogP contribution in [-0.4, -0.2) is 0 Å². The number of benzene rings is 4. The van der Waals surface area contributed by atoms with E-state index in [9.17, 15) is 26.3 Å². The molecule has 0 N–H and O–H groups in total. The summed E-state index contributed by atoms with van der Waals surface area (Å²) < 4.78 is 135. The van der Waals surface area contributed by atoms with Gasteiger partial charge in [0.2, 0.25) is 0 Å². The molecule has 0 aliphatic heterocycles. The molecule has 0 bridgehead atoms. The number of hydrogen-bond donors (Lipinski definition) is 0. The van der Waals surface area contributed by atoms with Crippen molar-refractivity contribution in [1.29, 1.82) is 0 Å². The zero-order valence-electron chi connectivity index (χ0n) is 24.6. The maximum Gasteiger partial charge on any atom is 0.432 e. The predicted molar refractivity (Wildman–Crippen MR) is 157 cm³/mol. The molecule has 4 aromatic carbocycles. The van der Waals surface area contributed by atoms with Crippen molar-refractivity contribution >= 4 is 0 Å². The molecule has 1 aliphatic rings. The minimum absolute atomic E-state index is 0.0705. The van der Waals surface area contributed by atoms with Crippen molar-refractivity contribution in [3.63, 3.8) is 0 Å². The van der Waals surface area contributed by atoms with Gasteiger partial charge in [0.05, 0.1) is 0 Å². The largest absolute Gasteiger partial charge is 0.432 e. The number of halogens is 9. The Kier molecular flexibility index (Phi) is 9.84. The first-order chi connectivity index (χ1) is 21.9. The quantitative estimate of drug-likeness (QED) is 0.0997. The summed E-state index contributed by atoms with van der Waals surface area (Å²) in [7, 11) is 0. The first-order valence-corrected chi connectivity index (χ1v) is 14.8. The summed E-state index contributed by atoms with van der Waals surface area (Å²) in [6, 6.07) is 8.57. The normalized spacial score (nSPS) is 17.1. The molecule has 46 heavy (non-hydrogen) atoms. The zero-order valence-corrected chi connectivity index (χ0v) is 24.6. The van der Waals surface area contributed by atoms with Gasteiger partial charge in [-0.05, 0) is 103 Å². The lowest BCUT2D eigenvalue weighted by molar-refractivity contribution is -0.189. The highest BCUT2D eigenvalue weighted by Crippen LogP contribution is 2.41. The molecule has 0 heterocycles. The van der Waals surface area contributed by atoms with E-state index in [2.05, 4.69) is 23.8 Å². The van der Waals surface area contributed by atoms with Crippen LogP contribution in [0.2, 0.25) is 0 Å². The van der Waals surface area contributed by atoms with Gasteiger partial charge in [0.1, 0.15) is 34.6 Å². The van der Waals surface area contributed by atoms with Crippen molar-refractivity contribution in [2.75, 3.05) is 0 Å². The van der Waals surface area contributed by atoms with Crippen molar-refractivity contribution in [3.8, 4) is 28.0 Å². The second-order valence-corrected chi connectivity index (χ2v) is 11.4. The molecule has 10 heteroatoms. The van der Waals surface area contributed by atoms with E-state index in [0.29, 0.717) is 37.0 Å². The second kappa shape index (κ2) is 13.6. The van der Waals surface area contributed by atoms with E-state index in [1.54, 1.807) is 0 Å². The molecule has 1 saturated carbocycles. The van der Waals surface area contributed by atoms with Gasteiger partial charge in [0, 0.05) is 17.2 Å². The lowest BCUT2D eigenvalue weighted by atomic mass is 9.78. The molecule has 242 valence electrons. The van der Waals surface area contributed by atoms with Crippen LogP contribution in [0.15, 0.2) is 72.8 Å². The number of allylic oxidation sites excluding steroid dienone is 2. The van der Waals surface area contributed by atoms with Gasteiger partial charge >= 0.3 is 6.11 Å². The standard InChI is InChI=1S/C36H29F9O/c1-2-3-4-5-20-6-8-21(9-7-20)23-15-30(39)34(31(40)16-23)36(44,45)46-25-11-13-26(29(38)19-25)22-10-12-27(28(37)14-22)24-17-32(41)35(43)33(42)18-24/h4-5,10-21H,2-3,6-9H2,1H3/b5-4+. The van der Waals surface area contributed by atoms with Gasteiger partial charge in [-0.25, -0.2) is 30.7 Å². The zero-order chi connectivity index (χ0) is 33.2. The van der Waals surface area contributed by atoms with Crippen molar-refractivity contribution in [1.82, 2.24) is 0 Å². The van der Waals surface area contributed by atoms with Gasteiger partial charge in [-0.2, -0.15) is 8.78 Å². The van der Waals surface area contributed by atoms with Crippen LogP contribution in [0.3, 0.4) is 0 Å². The van der Waals surface area contributed by atoms with Gasteiger partial charge in [0.25, 0.3) is 0 Å². The molecule has 5 rings (SSSR count). The molecule has 4 aromatic rings. The summed E-state index contributed by atoms with van der Waals surface area (Å²) in [6.07, 6.45) is 4.77. The highest BCUT2D eigenvalue weighted by Gasteiger charge is 2.41. The Morgan fingerprint density at radius 2 is 1.24 bits per heavy atom. The summed E-state index contributed by atoms with van der Waals surface area (Å²) in [5.74, 6) is -10.5. The number of ether oxygens (including phenoxy) is 1. The Hall–Kier alpha value is -4.21. The molecule has 0 aromatic heterocycles. The topological polar surface area (TPSA) is 9.23 Å². The molecule has 1 fully saturated rings. The fourth-order valence-corrected chi connectivity index (χ4v) is 5.83. The number of alkyl halides is 2. The van der Waals surface area contributed by atoms with Crippen LogP contribution in [0.5, 0.6) is 5.75 Å². The lowest BCUT2D eigenvalue weighted by Crippen LogP contribution is -2.25. The Morgan fingerprint density at radius 3 is 1.83 bits per heavy atom. The number of rotatable bonds is 9. The molecule has 1 aliphatic carbocycles. The van der Waals surface area contributed by atoms with Crippen molar-refractivity contribution < 1.29 is 44.3 Å². The van der Waals surface area contributed by atoms with Crippen LogP contribution in [0.25, 0.3) is 22.3 Å². The van der Waals surface area contributed by atoms with Gasteiger partial charge < -0.3 is 4.74 Å². The predicted octanol–water partition coefficient (Wildman–Crippen LogP) is 11.8. The highest BCUT2D eigenvalue weighted by atomic mass is 19.3. The maximum absolute atomic E-state index is 15.1.